The molecule has 5 nitrogen and oxygen atoms in total. The van der Waals surface area contributed by atoms with E-state index < -0.39 is 4.92 Å². The molecule has 0 amide bonds. The van der Waals surface area contributed by atoms with Crippen molar-refractivity contribution in [1.29, 1.82) is 0 Å². The first-order valence-electron chi connectivity index (χ1n) is 5.35. The molecule has 0 bridgehead atoms. The van der Waals surface area contributed by atoms with Gasteiger partial charge in [0.25, 0.3) is 0 Å². The van der Waals surface area contributed by atoms with E-state index in [2.05, 4.69) is 26.2 Å². The lowest BCUT2D eigenvalue weighted by Gasteiger charge is -2.05. The number of pyridine rings is 1. The first-order chi connectivity index (χ1) is 9.06. The van der Waals surface area contributed by atoms with Crippen molar-refractivity contribution in [3.05, 3.63) is 48.2 Å². The van der Waals surface area contributed by atoms with Crippen LogP contribution in [-0.4, -0.2) is 16.5 Å². The van der Waals surface area contributed by atoms with Gasteiger partial charge in [-0.25, -0.2) is 4.98 Å². The minimum Gasteiger partial charge on any atom is -0.364 e. The number of thiophene rings is 1. The zero-order valence-corrected chi connectivity index (χ0v) is 12.8. The molecule has 0 unspecified atom stereocenters. The van der Waals surface area contributed by atoms with Crippen LogP contribution in [0.15, 0.2) is 28.1 Å². The highest BCUT2D eigenvalue weighted by Gasteiger charge is 2.15. The summed E-state index contributed by atoms with van der Waals surface area (Å²) in [6.45, 7) is 0.557. The lowest BCUT2D eigenvalue weighted by atomic mass is 10.3. The molecule has 0 saturated heterocycles. The summed E-state index contributed by atoms with van der Waals surface area (Å²) in [5.74, 6) is 0.202. The van der Waals surface area contributed by atoms with Crippen molar-refractivity contribution < 1.29 is 4.92 Å². The van der Waals surface area contributed by atoms with Gasteiger partial charge in [-0.1, -0.05) is 11.6 Å². The zero-order chi connectivity index (χ0) is 13.8. The molecule has 0 radical (unpaired) electrons. The summed E-state index contributed by atoms with van der Waals surface area (Å²) < 4.78 is 1.06. The number of rotatable bonds is 5. The average Bonchev–Trinajstić information content (AvgIpc) is 2.75. The van der Waals surface area contributed by atoms with Crippen LogP contribution in [0.1, 0.15) is 4.88 Å². The second-order valence-corrected chi connectivity index (χ2v) is 6.58. The summed E-state index contributed by atoms with van der Waals surface area (Å²) in [5.41, 5.74) is -0.0724. The van der Waals surface area contributed by atoms with Gasteiger partial charge in [-0.3, -0.25) is 10.1 Å². The third kappa shape index (κ3) is 3.89. The largest absolute Gasteiger partial charge is 0.364 e. The normalized spacial score (nSPS) is 10.4. The molecule has 0 aliphatic heterocycles. The first-order valence-corrected chi connectivity index (χ1v) is 7.34. The van der Waals surface area contributed by atoms with Gasteiger partial charge in [-0.2, -0.15) is 0 Å². The first kappa shape index (κ1) is 14.2. The maximum absolute atomic E-state index is 10.8. The number of hydrogen-bond donors (Lipinski definition) is 1. The van der Waals surface area contributed by atoms with Crippen LogP contribution in [0.25, 0.3) is 0 Å². The predicted octanol–water partition coefficient (Wildman–Crippen LogP) is 4.12. The van der Waals surface area contributed by atoms with Crippen LogP contribution in [0.5, 0.6) is 0 Å². The van der Waals surface area contributed by atoms with Crippen LogP contribution >= 0.6 is 38.9 Å². The van der Waals surface area contributed by atoms with Crippen molar-refractivity contribution in [2.24, 2.45) is 0 Å². The molecule has 2 aromatic heterocycles. The fourth-order valence-corrected chi connectivity index (χ4v) is 3.13. The summed E-state index contributed by atoms with van der Waals surface area (Å²) in [7, 11) is 0. The molecule has 2 aromatic rings. The fraction of sp³-hybridized carbons (Fsp3) is 0.182. The second-order valence-electron chi connectivity index (χ2n) is 3.64. The Bertz CT molecular complexity index is 605. The maximum atomic E-state index is 10.8. The van der Waals surface area contributed by atoms with Gasteiger partial charge in [0.1, 0.15) is 5.15 Å². The molecule has 2 rings (SSSR count). The van der Waals surface area contributed by atoms with Crippen molar-refractivity contribution in [1.82, 2.24) is 4.98 Å². The number of nitrogens with one attached hydrogen (secondary N) is 1. The van der Waals surface area contributed by atoms with Crippen molar-refractivity contribution in [3.8, 4) is 0 Å². The van der Waals surface area contributed by atoms with Gasteiger partial charge in [-0.05, 0) is 40.5 Å². The van der Waals surface area contributed by atoms with Gasteiger partial charge < -0.3 is 5.32 Å². The second kappa shape index (κ2) is 6.31. The quantitative estimate of drug-likeness (QED) is 0.493. The highest BCUT2D eigenvalue weighted by molar-refractivity contribution is 9.11. The van der Waals surface area contributed by atoms with E-state index in [-0.39, 0.29) is 16.7 Å². The third-order valence-electron chi connectivity index (χ3n) is 2.33. The summed E-state index contributed by atoms with van der Waals surface area (Å²) in [6, 6.07) is 6.73. The number of anilines is 1. The fourth-order valence-electron chi connectivity index (χ4n) is 1.50. The van der Waals surface area contributed by atoms with Gasteiger partial charge in [0, 0.05) is 17.5 Å². The third-order valence-corrected chi connectivity index (χ3v) is 4.22. The molecule has 0 atom stereocenters. The average molecular weight is 363 g/mol. The zero-order valence-electron chi connectivity index (χ0n) is 9.60. The molecule has 2 heterocycles. The van der Waals surface area contributed by atoms with Gasteiger partial charge in [0.15, 0.2) is 0 Å². The van der Waals surface area contributed by atoms with E-state index in [0.717, 1.165) is 10.2 Å². The summed E-state index contributed by atoms with van der Waals surface area (Å²) in [6.07, 6.45) is 0.765. The Balaban J connectivity index is 2.02. The van der Waals surface area contributed by atoms with Crippen molar-refractivity contribution in [2.45, 2.75) is 6.42 Å². The highest BCUT2D eigenvalue weighted by Crippen LogP contribution is 2.25. The van der Waals surface area contributed by atoms with E-state index in [1.807, 2.05) is 12.1 Å². The molecular formula is C11H9BrClN3O2S. The Kier molecular flexibility index (Phi) is 4.73. The molecule has 19 heavy (non-hydrogen) atoms. The van der Waals surface area contributed by atoms with Gasteiger partial charge in [0.2, 0.25) is 5.82 Å². The number of halogens is 2. The van der Waals surface area contributed by atoms with Crippen LogP contribution in [0.2, 0.25) is 5.15 Å². The lowest BCUT2D eigenvalue weighted by Crippen LogP contribution is -2.08. The highest BCUT2D eigenvalue weighted by atomic mass is 79.9. The van der Waals surface area contributed by atoms with Crippen LogP contribution in [0, 0.1) is 10.1 Å². The van der Waals surface area contributed by atoms with Crippen LogP contribution in [0.3, 0.4) is 0 Å². The van der Waals surface area contributed by atoms with E-state index >= 15 is 0 Å². The van der Waals surface area contributed by atoms with E-state index in [1.54, 1.807) is 11.3 Å². The van der Waals surface area contributed by atoms with E-state index in [1.165, 1.54) is 17.0 Å². The lowest BCUT2D eigenvalue weighted by molar-refractivity contribution is -0.384. The summed E-state index contributed by atoms with van der Waals surface area (Å²) in [4.78, 5) is 15.5. The summed E-state index contributed by atoms with van der Waals surface area (Å²) >= 11 is 10.8. The molecule has 100 valence electrons. The van der Waals surface area contributed by atoms with Crippen LogP contribution < -0.4 is 5.32 Å². The van der Waals surface area contributed by atoms with Gasteiger partial charge >= 0.3 is 5.69 Å². The molecular weight excluding hydrogens is 354 g/mol. The standard InChI is InChI=1S/C11H9BrClN3O2S/c12-9-3-1-7(19-9)5-6-14-11-8(16(17)18)2-4-10(13)15-11/h1-4H,5-6H2,(H,14,15). The maximum Gasteiger partial charge on any atom is 0.311 e. The van der Waals surface area contributed by atoms with Gasteiger partial charge in [0.05, 0.1) is 8.71 Å². The molecule has 0 fully saturated rings. The Morgan fingerprint density at radius 1 is 1.42 bits per heavy atom. The monoisotopic (exact) mass is 361 g/mol. The molecule has 0 aliphatic carbocycles. The van der Waals surface area contributed by atoms with E-state index in [9.17, 15) is 10.1 Å². The van der Waals surface area contributed by atoms with E-state index in [4.69, 9.17) is 11.6 Å². The number of nitrogens with zero attached hydrogens (tertiary/aromatic N) is 2. The SMILES string of the molecule is O=[N+]([O-])c1ccc(Cl)nc1NCCc1ccc(Br)s1. The molecule has 0 spiro atoms. The minimum atomic E-state index is -0.479. The number of aromatic nitrogens is 1. The molecule has 0 aliphatic rings. The molecule has 0 aromatic carbocycles. The Morgan fingerprint density at radius 2 is 2.21 bits per heavy atom. The number of nitro groups is 1. The van der Waals surface area contributed by atoms with E-state index in [0.29, 0.717) is 6.54 Å². The Hall–Kier alpha value is -1.18. The number of hydrogen-bond acceptors (Lipinski definition) is 5. The molecule has 8 heteroatoms. The van der Waals surface area contributed by atoms with Crippen LogP contribution in [0.4, 0.5) is 11.5 Å². The Morgan fingerprint density at radius 3 is 2.84 bits per heavy atom. The Labute approximate surface area is 126 Å². The van der Waals surface area contributed by atoms with Crippen molar-refractivity contribution >= 4 is 50.4 Å². The molecule has 0 saturated carbocycles. The topological polar surface area (TPSA) is 68.1 Å². The van der Waals surface area contributed by atoms with Gasteiger partial charge in [-0.15, -0.1) is 11.3 Å². The summed E-state index contributed by atoms with van der Waals surface area (Å²) in [5, 5.41) is 14.0. The smallest absolute Gasteiger partial charge is 0.311 e. The van der Waals surface area contributed by atoms with Crippen LogP contribution in [-0.2, 0) is 6.42 Å². The predicted molar refractivity (Wildman–Crippen MR) is 80.1 cm³/mol. The van der Waals surface area contributed by atoms with Crippen molar-refractivity contribution in [2.75, 3.05) is 11.9 Å². The minimum absolute atomic E-state index is 0.0724. The molecule has 1 N–H and O–H groups in total. The van der Waals surface area contributed by atoms with Crippen molar-refractivity contribution in [3.63, 3.8) is 0 Å².